The fourth-order valence-corrected chi connectivity index (χ4v) is 2.05. The Balaban J connectivity index is 2.65. The van der Waals surface area contributed by atoms with E-state index in [4.69, 9.17) is 10.8 Å². The standard InChI is InChI=1S/C10H18N2O3/c1-6(11)10(15)8-5-12-3-2-7(8)4-9(13)14/h6-8,12H,2-5,11H2,1H3,(H,13,14)/t6-,7?,8?/m0/s1. The zero-order valence-electron chi connectivity index (χ0n) is 8.90. The van der Waals surface area contributed by atoms with Crippen molar-refractivity contribution in [3.63, 3.8) is 0 Å². The van der Waals surface area contributed by atoms with Crippen molar-refractivity contribution in [2.75, 3.05) is 13.1 Å². The molecule has 86 valence electrons. The lowest BCUT2D eigenvalue weighted by Crippen LogP contribution is -2.46. The van der Waals surface area contributed by atoms with Gasteiger partial charge < -0.3 is 16.2 Å². The Morgan fingerprint density at radius 1 is 1.60 bits per heavy atom. The van der Waals surface area contributed by atoms with Crippen LogP contribution in [0.25, 0.3) is 0 Å². The van der Waals surface area contributed by atoms with Crippen LogP contribution in [0.2, 0.25) is 0 Å². The van der Waals surface area contributed by atoms with Gasteiger partial charge in [-0.05, 0) is 25.8 Å². The van der Waals surface area contributed by atoms with Crippen LogP contribution in [0.3, 0.4) is 0 Å². The van der Waals surface area contributed by atoms with E-state index >= 15 is 0 Å². The summed E-state index contributed by atoms with van der Waals surface area (Å²) in [6.45, 7) is 2.98. The molecule has 1 aliphatic heterocycles. The molecule has 1 heterocycles. The van der Waals surface area contributed by atoms with Crippen LogP contribution in [0.5, 0.6) is 0 Å². The molecule has 0 aromatic carbocycles. The highest BCUT2D eigenvalue weighted by Crippen LogP contribution is 2.24. The Kier molecular flexibility index (Phi) is 4.23. The maximum atomic E-state index is 11.7. The first-order valence-electron chi connectivity index (χ1n) is 5.24. The van der Waals surface area contributed by atoms with Crippen molar-refractivity contribution in [2.24, 2.45) is 17.6 Å². The summed E-state index contributed by atoms with van der Waals surface area (Å²) in [5.74, 6) is -1.19. The molecule has 5 heteroatoms. The van der Waals surface area contributed by atoms with E-state index in [1.807, 2.05) is 0 Å². The molecule has 1 rings (SSSR count). The Morgan fingerprint density at radius 2 is 2.27 bits per heavy atom. The lowest BCUT2D eigenvalue weighted by atomic mass is 9.80. The molecule has 1 fully saturated rings. The number of carbonyl (C=O) groups excluding carboxylic acids is 1. The molecule has 0 aliphatic carbocycles. The fourth-order valence-electron chi connectivity index (χ4n) is 2.05. The zero-order valence-corrected chi connectivity index (χ0v) is 8.90. The van der Waals surface area contributed by atoms with Crippen molar-refractivity contribution in [2.45, 2.75) is 25.8 Å². The largest absolute Gasteiger partial charge is 0.481 e. The third kappa shape index (κ3) is 3.28. The Bertz CT molecular complexity index is 253. The fraction of sp³-hybridized carbons (Fsp3) is 0.800. The number of carboxylic acids is 1. The minimum Gasteiger partial charge on any atom is -0.481 e. The highest BCUT2D eigenvalue weighted by Gasteiger charge is 2.33. The van der Waals surface area contributed by atoms with Gasteiger partial charge in [-0.1, -0.05) is 0 Å². The number of nitrogens with one attached hydrogen (secondary N) is 1. The molecule has 4 N–H and O–H groups in total. The molecule has 5 nitrogen and oxygen atoms in total. The number of carbonyl (C=O) groups is 2. The molecule has 2 unspecified atom stereocenters. The number of nitrogens with two attached hydrogens (primary N) is 1. The van der Waals surface area contributed by atoms with Gasteiger partial charge in [0.2, 0.25) is 0 Å². The Hall–Kier alpha value is -0.940. The van der Waals surface area contributed by atoms with E-state index in [0.29, 0.717) is 6.54 Å². The van der Waals surface area contributed by atoms with Crippen LogP contribution >= 0.6 is 0 Å². The molecule has 0 amide bonds. The molecule has 0 aromatic heterocycles. The quantitative estimate of drug-likeness (QED) is 0.592. The topological polar surface area (TPSA) is 92.4 Å². The molecule has 0 radical (unpaired) electrons. The van der Waals surface area contributed by atoms with Crippen LogP contribution in [0.15, 0.2) is 0 Å². The first-order chi connectivity index (χ1) is 7.02. The van der Waals surface area contributed by atoms with Crippen molar-refractivity contribution in [3.05, 3.63) is 0 Å². The van der Waals surface area contributed by atoms with Crippen molar-refractivity contribution in [3.8, 4) is 0 Å². The van der Waals surface area contributed by atoms with Crippen molar-refractivity contribution in [1.82, 2.24) is 5.32 Å². The van der Waals surface area contributed by atoms with Crippen molar-refractivity contribution in [1.29, 1.82) is 0 Å². The molecule has 1 saturated heterocycles. The second-order valence-electron chi connectivity index (χ2n) is 4.15. The van der Waals surface area contributed by atoms with E-state index in [0.717, 1.165) is 13.0 Å². The molecule has 0 aromatic rings. The molecule has 3 atom stereocenters. The summed E-state index contributed by atoms with van der Waals surface area (Å²) in [6.07, 6.45) is 0.792. The first-order valence-corrected chi connectivity index (χ1v) is 5.24. The highest BCUT2D eigenvalue weighted by molar-refractivity contribution is 5.86. The van der Waals surface area contributed by atoms with Gasteiger partial charge in [0.15, 0.2) is 5.78 Å². The van der Waals surface area contributed by atoms with E-state index in [1.165, 1.54) is 0 Å². The number of hydrogen-bond donors (Lipinski definition) is 3. The molecule has 0 spiro atoms. The van der Waals surface area contributed by atoms with Crippen molar-refractivity contribution < 1.29 is 14.7 Å². The average Bonchev–Trinajstić information content (AvgIpc) is 2.16. The smallest absolute Gasteiger partial charge is 0.303 e. The van der Waals surface area contributed by atoms with Gasteiger partial charge in [0.25, 0.3) is 0 Å². The third-order valence-electron chi connectivity index (χ3n) is 2.88. The van der Waals surface area contributed by atoms with Crippen LogP contribution in [-0.4, -0.2) is 36.0 Å². The summed E-state index contributed by atoms with van der Waals surface area (Å²) >= 11 is 0. The maximum absolute atomic E-state index is 11.7. The van der Waals surface area contributed by atoms with Crippen LogP contribution in [0.4, 0.5) is 0 Å². The van der Waals surface area contributed by atoms with Crippen molar-refractivity contribution >= 4 is 11.8 Å². The second kappa shape index (κ2) is 5.23. The van der Waals surface area contributed by atoms with Gasteiger partial charge in [-0.3, -0.25) is 9.59 Å². The summed E-state index contributed by atoms with van der Waals surface area (Å²) in [5, 5.41) is 11.8. The van der Waals surface area contributed by atoms with E-state index in [1.54, 1.807) is 6.92 Å². The van der Waals surface area contributed by atoms with E-state index < -0.39 is 12.0 Å². The van der Waals surface area contributed by atoms with Gasteiger partial charge in [-0.2, -0.15) is 0 Å². The number of carboxylic acid groups (broad SMARTS) is 1. The molecule has 0 saturated carbocycles. The van der Waals surface area contributed by atoms with Crippen LogP contribution in [0.1, 0.15) is 19.8 Å². The van der Waals surface area contributed by atoms with Crippen LogP contribution < -0.4 is 11.1 Å². The summed E-state index contributed by atoms with van der Waals surface area (Å²) in [6, 6.07) is -0.508. The summed E-state index contributed by atoms with van der Waals surface area (Å²) < 4.78 is 0. The number of Topliss-reactive ketones (excluding diaryl/α,β-unsaturated/α-hetero) is 1. The molecule has 0 bridgehead atoms. The van der Waals surface area contributed by atoms with E-state index in [9.17, 15) is 9.59 Å². The predicted octanol–water partition coefficient (Wildman–Crippen LogP) is -0.397. The maximum Gasteiger partial charge on any atom is 0.303 e. The molecular formula is C10H18N2O3. The SMILES string of the molecule is C[C@H](N)C(=O)C1CNCCC1CC(=O)O. The molecular weight excluding hydrogens is 196 g/mol. The van der Waals surface area contributed by atoms with E-state index in [2.05, 4.69) is 5.32 Å². The number of aliphatic carboxylic acids is 1. The van der Waals surface area contributed by atoms with E-state index in [-0.39, 0.29) is 24.0 Å². The van der Waals surface area contributed by atoms with Gasteiger partial charge in [0, 0.05) is 18.9 Å². The predicted molar refractivity (Wildman–Crippen MR) is 55.4 cm³/mol. The molecule has 1 aliphatic rings. The number of rotatable bonds is 4. The Labute approximate surface area is 89.0 Å². The van der Waals surface area contributed by atoms with Gasteiger partial charge >= 0.3 is 5.97 Å². The monoisotopic (exact) mass is 214 g/mol. The number of piperidine rings is 1. The zero-order chi connectivity index (χ0) is 11.4. The Morgan fingerprint density at radius 3 is 2.80 bits per heavy atom. The van der Waals surface area contributed by atoms with Gasteiger partial charge in [0.05, 0.1) is 6.04 Å². The minimum absolute atomic E-state index is 0.0338. The average molecular weight is 214 g/mol. The van der Waals surface area contributed by atoms with Gasteiger partial charge in [-0.25, -0.2) is 0 Å². The van der Waals surface area contributed by atoms with Gasteiger partial charge in [-0.15, -0.1) is 0 Å². The lowest BCUT2D eigenvalue weighted by molar-refractivity contribution is -0.139. The minimum atomic E-state index is -0.843. The number of ketones is 1. The summed E-state index contributed by atoms with van der Waals surface area (Å²) in [4.78, 5) is 22.4. The third-order valence-corrected chi connectivity index (χ3v) is 2.88. The molecule has 15 heavy (non-hydrogen) atoms. The second-order valence-corrected chi connectivity index (χ2v) is 4.15. The highest BCUT2D eigenvalue weighted by atomic mass is 16.4. The summed E-state index contributed by atoms with van der Waals surface area (Å²) in [5.41, 5.74) is 5.54. The van der Waals surface area contributed by atoms with Crippen LogP contribution in [0, 0.1) is 11.8 Å². The van der Waals surface area contributed by atoms with Crippen LogP contribution in [-0.2, 0) is 9.59 Å². The van der Waals surface area contributed by atoms with Gasteiger partial charge in [0.1, 0.15) is 0 Å². The normalized spacial score (nSPS) is 28.4. The summed E-state index contributed by atoms with van der Waals surface area (Å²) in [7, 11) is 0. The lowest BCUT2D eigenvalue weighted by Gasteiger charge is -2.31. The number of hydrogen-bond acceptors (Lipinski definition) is 4. The first kappa shape index (κ1) is 12.1.